The highest BCUT2D eigenvalue weighted by molar-refractivity contribution is 6.65. The van der Waals surface area contributed by atoms with Gasteiger partial charge in [-0.25, -0.2) is 14.1 Å². The topological polar surface area (TPSA) is 89.8 Å². The summed E-state index contributed by atoms with van der Waals surface area (Å²) < 4.78 is 62.4. The van der Waals surface area contributed by atoms with Gasteiger partial charge in [0, 0.05) is 17.5 Å². The monoisotopic (exact) mass is 637 g/mol. The van der Waals surface area contributed by atoms with Crippen molar-refractivity contribution in [1.29, 1.82) is 0 Å². The van der Waals surface area contributed by atoms with Crippen molar-refractivity contribution in [2.45, 2.75) is 64.1 Å². The van der Waals surface area contributed by atoms with E-state index in [2.05, 4.69) is 10.3 Å². The molecule has 0 N–H and O–H groups in total. The van der Waals surface area contributed by atoms with Gasteiger partial charge in [-0.05, 0) is 63.1 Å². The summed E-state index contributed by atoms with van der Waals surface area (Å²) in [6, 6.07) is 5.66. The number of hydrogen-bond donors (Lipinski definition) is 0. The van der Waals surface area contributed by atoms with Crippen molar-refractivity contribution < 1.29 is 41.6 Å². The lowest BCUT2D eigenvalue weighted by Crippen LogP contribution is -2.47. The maximum atomic E-state index is 14.4. The summed E-state index contributed by atoms with van der Waals surface area (Å²) >= 11 is 17.4. The molecular weight excluding hydrogens is 617 g/mol. The van der Waals surface area contributed by atoms with Gasteiger partial charge < -0.3 is 14.4 Å². The van der Waals surface area contributed by atoms with E-state index < -0.39 is 63.5 Å². The first-order valence-electron chi connectivity index (χ1n) is 12.0. The molecule has 41 heavy (non-hydrogen) atoms. The van der Waals surface area contributed by atoms with E-state index in [1.807, 2.05) is 0 Å². The Hall–Kier alpha value is -3.09. The van der Waals surface area contributed by atoms with Crippen LogP contribution in [0.3, 0.4) is 0 Å². The van der Waals surface area contributed by atoms with Crippen LogP contribution in [0.2, 0.25) is 10.0 Å². The summed E-state index contributed by atoms with van der Waals surface area (Å²) in [7, 11) is 0. The lowest BCUT2D eigenvalue weighted by molar-refractivity contribution is -0.275. The average molecular weight is 639 g/mol. The highest BCUT2D eigenvalue weighted by Crippen LogP contribution is 2.50. The molecule has 4 rings (SSSR count). The molecule has 2 aliphatic rings. The zero-order chi connectivity index (χ0) is 30.5. The Morgan fingerprint density at radius 3 is 2.22 bits per heavy atom. The quantitative estimate of drug-likeness (QED) is 0.253. The molecule has 0 aromatic heterocycles. The van der Waals surface area contributed by atoms with Crippen molar-refractivity contribution in [1.82, 2.24) is 4.90 Å². The number of imide groups is 1. The molecule has 0 spiro atoms. The van der Waals surface area contributed by atoms with Crippen LogP contribution in [-0.2, 0) is 20.0 Å². The fraction of sp³-hybridized carbons (Fsp3) is 0.385. The van der Waals surface area contributed by atoms with Crippen molar-refractivity contribution in [3.8, 4) is 0 Å². The number of halogens is 7. The van der Waals surface area contributed by atoms with E-state index in [1.54, 1.807) is 20.8 Å². The van der Waals surface area contributed by atoms with Crippen LogP contribution in [0.4, 0.5) is 22.4 Å². The molecule has 220 valence electrons. The second-order valence-electron chi connectivity index (χ2n) is 10.3. The number of carbonyl (C=O) groups excluding carboxylic acids is 2. The highest BCUT2D eigenvalue weighted by atomic mass is 35.5. The Labute approximate surface area is 246 Å². The molecule has 0 aliphatic carbocycles. The molecule has 2 atom stereocenters. The predicted molar refractivity (Wildman–Crippen MR) is 143 cm³/mol. The van der Waals surface area contributed by atoms with Gasteiger partial charge in [-0.1, -0.05) is 51.2 Å². The Balaban J connectivity index is 1.64. The first-order valence-corrected chi connectivity index (χ1v) is 13.1. The number of alkyl halides is 3. The molecular formula is C26H22Cl3F4N3O5. The van der Waals surface area contributed by atoms with Gasteiger partial charge in [0.2, 0.25) is 6.23 Å². The standard InChI is InChI=1S/C26H22Cl3F4N3O5/c1-12-7-13(18-11-25(41-34-18,26(31,32)33)14-8-16(27)21(30)17(28)9-14)5-6-15(12)22(37)36(20-10-19(29)35-40-20)23(38)39-24(2,3)4/h5-9,20H,10-11H2,1-4H3. The number of oxime groups is 2. The molecule has 2 unspecified atom stereocenters. The maximum Gasteiger partial charge on any atom is 0.435 e. The van der Waals surface area contributed by atoms with Crippen LogP contribution in [0.5, 0.6) is 0 Å². The van der Waals surface area contributed by atoms with Crippen LogP contribution < -0.4 is 0 Å². The van der Waals surface area contributed by atoms with Crippen LogP contribution in [0.25, 0.3) is 0 Å². The van der Waals surface area contributed by atoms with Crippen LogP contribution in [0, 0.1) is 12.7 Å². The van der Waals surface area contributed by atoms with E-state index in [0.29, 0.717) is 5.56 Å². The molecule has 2 amide bonds. The fourth-order valence-electron chi connectivity index (χ4n) is 4.18. The number of aryl methyl sites for hydroxylation is 1. The number of hydrogen-bond acceptors (Lipinski definition) is 7. The zero-order valence-corrected chi connectivity index (χ0v) is 24.2. The first-order chi connectivity index (χ1) is 18.9. The first kappa shape index (κ1) is 30.9. The van der Waals surface area contributed by atoms with Crippen molar-refractivity contribution in [3.05, 3.63) is 68.4 Å². The average Bonchev–Trinajstić information content (AvgIpc) is 3.48. The van der Waals surface area contributed by atoms with Crippen LogP contribution in [0.15, 0.2) is 40.6 Å². The molecule has 0 bridgehead atoms. The third-order valence-electron chi connectivity index (χ3n) is 6.14. The van der Waals surface area contributed by atoms with Crippen LogP contribution >= 0.6 is 34.8 Å². The predicted octanol–water partition coefficient (Wildman–Crippen LogP) is 7.70. The van der Waals surface area contributed by atoms with Crippen LogP contribution in [0.1, 0.15) is 60.7 Å². The molecule has 0 saturated heterocycles. The number of carbonyl (C=O) groups is 2. The van der Waals surface area contributed by atoms with Gasteiger partial charge in [0.05, 0.1) is 22.2 Å². The van der Waals surface area contributed by atoms with E-state index in [0.717, 1.165) is 17.0 Å². The molecule has 8 nitrogen and oxygen atoms in total. The number of rotatable bonds is 4. The number of amides is 2. The van der Waals surface area contributed by atoms with Gasteiger partial charge in [-0.2, -0.15) is 13.2 Å². The molecule has 15 heteroatoms. The van der Waals surface area contributed by atoms with E-state index in [1.165, 1.54) is 25.1 Å². The number of benzene rings is 2. The van der Waals surface area contributed by atoms with Crippen molar-refractivity contribution in [3.63, 3.8) is 0 Å². The maximum absolute atomic E-state index is 14.4. The summed E-state index contributed by atoms with van der Waals surface area (Å²) in [6.07, 6.45) is -8.02. The van der Waals surface area contributed by atoms with E-state index in [9.17, 15) is 27.2 Å². The van der Waals surface area contributed by atoms with Crippen LogP contribution in [-0.4, -0.2) is 45.8 Å². The Bertz CT molecular complexity index is 1450. The molecule has 0 radical (unpaired) electrons. The minimum absolute atomic E-state index is 0.0323. The molecule has 2 aromatic carbocycles. The van der Waals surface area contributed by atoms with Gasteiger partial charge in [0.25, 0.3) is 11.5 Å². The Kier molecular flexibility index (Phi) is 8.25. The van der Waals surface area contributed by atoms with Crippen molar-refractivity contribution in [2.75, 3.05) is 0 Å². The molecule has 0 saturated carbocycles. The lowest BCUT2D eigenvalue weighted by atomic mass is 9.86. The second kappa shape index (κ2) is 11.0. The summed E-state index contributed by atoms with van der Waals surface area (Å²) in [5.41, 5.74) is -4.04. The van der Waals surface area contributed by atoms with Gasteiger partial charge in [-0.15, -0.1) is 0 Å². The molecule has 0 fully saturated rings. The smallest absolute Gasteiger partial charge is 0.435 e. The zero-order valence-electron chi connectivity index (χ0n) is 21.9. The highest BCUT2D eigenvalue weighted by Gasteiger charge is 2.62. The molecule has 2 heterocycles. The van der Waals surface area contributed by atoms with Crippen molar-refractivity contribution >= 4 is 57.7 Å². The van der Waals surface area contributed by atoms with E-state index in [-0.39, 0.29) is 28.4 Å². The molecule has 2 aliphatic heterocycles. The number of ether oxygens (including phenoxy) is 1. The third kappa shape index (κ3) is 6.09. The summed E-state index contributed by atoms with van der Waals surface area (Å²) in [4.78, 5) is 37.3. The van der Waals surface area contributed by atoms with Gasteiger partial charge in [0.15, 0.2) is 11.0 Å². The van der Waals surface area contributed by atoms with E-state index >= 15 is 0 Å². The lowest BCUT2D eigenvalue weighted by Gasteiger charge is -2.30. The number of nitrogens with zero attached hydrogens (tertiary/aromatic N) is 3. The normalized spacial score (nSPS) is 20.6. The fourth-order valence-corrected chi connectivity index (χ4v) is 4.84. The SMILES string of the molecule is Cc1cc(C2=NOC(c3cc(Cl)c(F)c(Cl)c3)(C(F)(F)F)C2)ccc1C(=O)N(C(=O)OC(C)(C)C)C1CC(Cl)=NO1. The third-order valence-corrected chi connectivity index (χ3v) is 6.91. The second-order valence-corrected chi connectivity index (χ2v) is 11.6. The summed E-state index contributed by atoms with van der Waals surface area (Å²) in [5, 5.41) is 6.07. The molecule has 2 aromatic rings. The van der Waals surface area contributed by atoms with Gasteiger partial charge >= 0.3 is 12.3 Å². The van der Waals surface area contributed by atoms with E-state index in [4.69, 9.17) is 49.2 Å². The summed E-state index contributed by atoms with van der Waals surface area (Å²) in [5.74, 6) is -1.87. The largest absolute Gasteiger partial charge is 0.443 e. The van der Waals surface area contributed by atoms with Gasteiger partial charge in [0.1, 0.15) is 5.60 Å². The van der Waals surface area contributed by atoms with Crippen molar-refractivity contribution in [2.24, 2.45) is 10.3 Å². The minimum atomic E-state index is -4.99. The van der Waals surface area contributed by atoms with Gasteiger partial charge in [-0.3, -0.25) is 4.79 Å². The Morgan fingerprint density at radius 1 is 1.07 bits per heavy atom. The minimum Gasteiger partial charge on any atom is -0.443 e. The Morgan fingerprint density at radius 2 is 1.71 bits per heavy atom. The summed E-state index contributed by atoms with van der Waals surface area (Å²) in [6.45, 7) is 6.37.